The van der Waals surface area contributed by atoms with Crippen molar-refractivity contribution in [1.82, 2.24) is 10.2 Å². The van der Waals surface area contributed by atoms with Crippen molar-refractivity contribution in [3.05, 3.63) is 70.5 Å². The molecule has 0 heterocycles. The van der Waals surface area contributed by atoms with Gasteiger partial charge in [0, 0.05) is 13.6 Å². The molecule has 24 heavy (non-hydrogen) atoms. The van der Waals surface area contributed by atoms with E-state index in [1.807, 2.05) is 0 Å². The number of likely N-dealkylation sites (N-methyl/N-ethyl adjacent to an activating group) is 1. The van der Waals surface area contributed by atoms with E-state index in [1.54, 1.807) is 50.4 Å². The van der Waals surface area contributed by atoms with Gasteiger partial charge in [-0.2, -0.15) is 0 Å². The highest BCUT2D eigenvalue weighted by molar-refractivity contribution is 6.33. The van der Waals surface area contributed by atoms with Crippen LogP contribution in [-0.2, 0) is 11.3 Å². The van der Waals surface area contributed by atoms with Crippen LogP contribution in [0.15, 0.2) is 48.5 Å². The molecule has 6 heteroatoms. The second-order valence-electron chi connectivity index (χ2n) is 5.50. The van der Waals surface area contributed by atoms with Crippen molar-refractivity contribution in [2.45, 2.75) is 19.5 Å². The summed E-state index contributed by atoms with van der Waals surface area (Å²) < 4.78 is 12.9. The van der Waals surface area contributed by atoms with Gasteiger partial charge in [-0.25, -0.2) is 4.39 Å². The molecule has 126 valence electrons. The molecule has 0 radical (unpaired) electrons. The number of hydrogen-bond acceptors (Lipinski definition) is 2. The van der Waals surface area contributed by atoms with E-state index in [-0.39, 0.29) is 11.7 Å². The van der Waals surface area contributed by atoms with Crippen molar-refractivity contribution in [3.8, 4) is 0 Å². The van der Waals surface area contributed by atoms with Crippen LogP contribution in [0.3, 0.4) is 0 Å². The Kier molecular flexibility index (Phi) is 5.93. The van der Waals surface area contributed by atoms with Gasteiger partial charge in [0.2, 0.25) is 5.91 Å². The predicted octanol–water partition coefficient (Wildman–Crippen LogP) is 3.26. The van der Waals surface area contributed by atoms with Crippen LogP contribution in [0.1, 0.15) is 22.8 Å². The van der Waals surface area contributed by atoms with E-state index in [0.717, 1.165) is 5.56 Å². The summed E-state index contributed by atoms with van der Waals surface area (Å²) in [6, 6.07) is 11.9. The molecule has 2 aromatic carbocycles. The summed E-state index contributed by atoms with van der Waals surface area (Å²) in [5.74, 6) is -0.982. The number of nitrogens with zero attached hydrogens (tertiary/aromatic N) is 1. The van der Waals surface area contributed by atoms with Crippen LogP contribution >= 0.6 is 11.6 Å². The minimum absolute atomic E-state index is 0.250. The molecule has 2 aromatic rings. The van der Waals surface area contributed by atoms with Crippen LogP contribution in [0.4, 0.5) is 4.39 Å². The lowest BCUT2D eigenvalue weighted by molar-refractivity contribution is -0.132. The Morgan fingerprint density at radius 3 is 2.42 bits per heavy atom. The standard InChI is InChI=1S/C18H18ClFN2O2/c1-12(21-17(23)15-5-3-4-6-16(15)19)18(24)22(2)11-13-7-9-14(20)10-8-13/h3-10,12H,11H2,1-2H3,(H,21,23). The lowest BCUT2D eigenvalue weighted by atomic mass is 10.1. The van der Waals surface area contributed by atoms with Gasteiger partial charge in [0.1, 0.15) is 11.9 Å². The molecule has 2 rings (SSSR count). The largest absolute Gasteiger partial charge is 0.340 e. The zero-order valence-corrected chi connectivity index (χ0v) is 14.2. The Balaban J connectivity index is 1.97. The highest BCUT2D eigenvalue weighted by Gasteiger charge is 2.21. The van der Waals surface area contributed by atoms with E-state index >= 15 is 0 Å². The second-order valence-corrected chi connectivity index (χ2v) is 5.90. The van der Waals surface area contributed by atoms with E-state index in [1.165, 1.54) is 17.0 Å². The second kappa shape index (κ2) is 7.93. The summed E-state index contributed by atoms with van der Waals surface area (Å²) in [5, 5.41) is 2.97. The molecule has 0 spiro atoms. The first-order valence-electron chi connectivity index (χ1n) is 7.43. The Hall–Kier alpha value is -2.40. The summed E-state index contributed by atoms with van der Waals surface area (Å²) in [5.41, 5.74) is 1.12. The first-order chi connectivity index (χ1) is 11.4. The molecule has 0 bridgehead atoms. The Morgan fingerprint density at radius 1 is 1.17 bits per heavy atom. The molecule has 4 nitrogen and oxygen atoms in total. The summed E-state index contributed by atoms with van der Waals surface area (Å²) in [7, 11) is 1.63. The third-order valence-electron chi connectivity index (χ3n) is 3.55. The quantitative estimate of drug-likeness (QED) is 0.901. The van der Waals surface area contributed by atoms with Gasteiger partial charge in [0.05, 0.1) is 10.6 Å². The van der Waals surface area contributed by atoms with Crippen LogP contribution in [0, 0.1) is 5.82 Å². The zero-order chi connectivity index (χ0) is 17.7. The van der Waals surface area contributed by atoms with Crippen molar-refractivity contribution in [1.29, 1.82) is 0 Å². The molecular weight excluding hydrogens is 331 g/mol. The Morgan fingerprint density at radius 2 is 1.79 bits per heavy atom. The van der Waals surface area contributed by atoms with Gasteiger partial charge in [0.25, 0.3) is 5.91 Å². The highest BCUT2D eigenvalue weighted by atomic mass is 35.5. The smallest absolute Gasteiger partial charge is 0.253 e. The lowest BCUT2D eigenvalue weighted by Gasteiger charge is -2.22. The van der Waals surface area contributed by atoms with Gasteiger partial charge in [-0.15, -0.1) is 0 Å². The average Bonchev–Trinajstić information content (AvgIpc) is 2.56. The normalized spacial score (nSPS) is 11.7. The van der Waals surface area contributed by atoms with Gasteiger partial charge in [-0.1, -0.05) is 35.9 Å². The molecule has 0 aliphatic heterocycles. The van der Waals surface area contributed by atoms with E-state index in [0.29, 0.717) is 17.1 Å². The number of rotatable bonds is 5. The van der Waals surface area contributed by atoms with Crippen molar-refractivity contribution in [2.75, 3.05) is 7.05 Å². The summed E-state index contributed by atoms with van der Waals surface area (Å²) in [6.07, 6.45) is 0. The van der Waals surface area contributed by atoms with E-state index in [9.17, 15) is 14.0 Å². The first-order valence-corrected chi connectivity index (χ1v) is 7.81. The summed E-state index contributed by atoms with van der Waals surface area (Å²) in [4.78, 5) is 26.0. The highest BCUT2D eigenvalue weighted by Crippen LogP contribution is 2.15. The van der Waals surface area contributed by atoms with Gasteiger partial charge >= 0.3 is 0 Å². The zero-order valence-electron chi connectivity index (χ0n) is 13.4. The molecule has 0 aliphatic carbocycles. The van der Waals surface area contributed by atoms with Crippen LogP contribution in [0.2, 0.25) is 5.02 Å². The number of halogens is 2. The topological polar surface area (TPSA) is 49.4 Å². The molecule has 1 unspecified atom stereocenters. The number of nitrogens with one attached hydrogen (secondary N) is 1. The molecule has 1 atom stereocenters. The van der Waals surface area contributed by atoms with Crippen molar-refractivity contribution < 1.29 is 14.0 Å². The van der Waals surface area contributed by atoms with Crippen molar-refractivity contribution in [3.63, 3.8) is 0 Å². The number of benzene rings is 2. The summed E-state index contributed by atoms with van der Waals surface area (Å²) in [6.45, 7) is 1.93. The predicted molar refractivity (Wildman–Crippen MR) is 91.3 cm³/mol. The summed E-state index contributed by atoms with van der Waals surface area (Å²) >= 11 is 5.98. The average molecular weight is 349 g/mol. The third-order valence-corrected chi connectivity index (χ3v) is 3.88. The minimum Gasteiger partial charge on any atom is -0.340 e. The van der Waals surface area contributed by atoms with Gasteiger partial charge < -0.3 is 10.2 Å². The van der Waals surface area contributed by atoms with Crippen molar-refractivity contribution >= 4 is 23.4 Å². The first kappa shape index (κ1) is 17.9. The number of amides is 2. The van der Waals surface area contributed by atoms with E-state index in [4.69, 9.17) is 11.6 Å². The molecule has 0 fully saturated rings. The van der Waals surface area contributed by atoms with Gasteiger partial charge in [0.15, 0.2) is 0 Å². The van der Waals surface area contributed by atoms with Crippen molar-refractivity contribution in [2.24, 2.45) is 0 Å². The molecular formula is C18H18ClFN2O2. The maximum atomic E-state index is 12.9. The fourth-order valence-corrected chi connectivity index (χ4v) is 2.48. The maximum absolute atomic E-state index is 12.9. The SMILES string of the molecule is CC(NC(=O)c1ccccc1Cl)C(=O)N(C)Cc1ccc(F)cc1. The Labute approximate surface area is 145 Å². The molecule has 0 saturated heterocycles. The van der Waals surface area contributed by atoms with E-state index < -0.39 is 11.9 Å². The van der Waals surface area contributed by atoms with Crippen LogP contribution in [0.5, 0.6) is 0 Å². The van der Waals surface area contributed by atoms with Gasteiger partial charge in [-0.05, 0) is 36.8 Å². The van der Waals surface area contributed by atoms with Crippen LogP contribution < -0.4 is 5.32 Å². The lowest BCUT2D eigenvalue weighted by Crippen LogP contribution is -2.45. The molecule has 2 amide bonds. The minimum atomic E-state index is -0.709. The van der Waals surface area contributed by atoms with Crippen LogP contribution in [-0.4, -0.2) is 29.8 Å². The molecule has 0 saturated carbocycles. The third kappa shape index (κ3) is 4.55. The molecule has 0 aliphatic rings. The van der Waals surface area contributed by atoms with Gasteiger partial charge in [-0.3, -0.25) is 9.59 Å². The fraction of sp³-hybridized carbons (Fsp3) is 0.222. The number of carbonyl (C=O) groups is 2. The maximum Gasteiger partial charge on any atom is 0.253 e. The van der Waals surface area contributed by atoms with Crippen LogP contribution in [0.25, 0.3) is 0 Å². The fourth-order valence-electron chi connectivity index (χ4n) is 2.25. The Bertz CT molecular complexity index is 734. The number of hydrogen-bond donors (Lipinski definition) is 1. The number of carbonyl (C=O) groups excluding carboxylic acids is 2. The van der Waals surface area contributed by atoms with E-state index in [2.05, 4.69) is 5.32 Å². The molecule has 1 N–H and O–H groups in total. The molecule has 0 aromatic heterocycles. The monoisotopic (exact) mass is 348 g/mol.